The lowest BCUT2D eigenvalue weighted by Gasteiger charge is -2.04. The zero-order valence-electron chi connectivity index (χ0n) is 9.89. The molecule has 0 fully saturated rings. The van der Waals surface area contributed by atoms with Gasteiger partial charge >= 0.3 is 11.9 Å². The van der Waals surface area contributed by atoms with Crippen LogP contribution in [0.2, 0.25) is 0 Å². The molecule has 1 heterocycles. The third-order valence-corrected chi connectivity index (χ3v) is 2.27. The van der Waals surface area contributed by atoms with E-state index in [0.717, 1.165) is 4.47 Å². The van der Waals surface area contributed by atoms with E-state index >= 15 is 0 Å². The van der Waals surface area contributed by atoms with E-state index in [1.807, 2.05) is 0 Å². The smallest absolute Gasteiger partial charge is 0.317 e. The number of aromatic nitrogens is 2. The molecule has 6 nitrogen and oxygen atoms in total. The number of rotatable bonds is 6. The van der Waals surface area contributed by atoms with Gasteiger partial charge in [-0.15, -0.1) is 0 Å². The molecule has 1 aromatic heterocycles. The van der Waals surface area contributed by atoms with Crippen LogP contribution in [-0.2, 0) is 25.5 Å². The van der Waals surface area contributed by atoms with Gasteiger partial charge in [0.25, 0.3) is 0 Å². The minimum absolute atomic E-state index is 0.139. The first-order valence-electron chi connectivity index (χ1n) is 5.39. The Morgan fingerprint density at radius 1 is 1.22 bits per heavy atom. The first-order valence-corrected chi connectivity index (χ1v) is 6.18. The Morgan fingerprint density at radius 2 is 1.83 bits per heavy atom. The first kappa shape index (κ1) is 14.6. The fourth-order valence-corrected chi connectivity index (χ4v) is 1.31. The highest BCUT2D eigenvalue weighted by atomic mass is 79.9. The molecule has 0 unspecified atom stereocenters. The van der Waals surface area contributed by atoms with Gasteiger partial charge in [0.1, 0.15) is 12.2 Å². The second kappa shape index (κ2) is 7.75. The summed E-state index contributed by atoms with van der Waals surface area (Å²) in [4.78, 5) is 30.2. The van der Waals surface area contributed by atoms with Gasteiger partial charge in [-0.1, -0.05) is 0 Å². The van der Waals surface area contributed by atoms with E-state index in [-0.39, 0.29) is 19.6 Å². The fraction of sp³-hybridized carbons (Fsp3) is 0.455. The maximum atomic E-state index is 11.2. The second-order valence-corrected chi connectivity index (χ2v) is 4.19. The minimum Gasteiger partial charge on any atom is -0.466 e. The molecule has 7 heteroatoms. The highest BCUT2D eigenvalue weighted by Gasteiger charge is 2.11. The summed E-state index contributed by atoms with van der Waals surface area (Å²) in [5.41, 5.74) is 0. The number of carbonyl (C=O) groups is 2. The van der Waals surface area contributed by atoms with Gasteiger partial charge in [0.15, 0.2) is 0 Å². The summed E-state index contributed by atoms with van der Waals surface area (Å²) in [5, 5.41) is 0. The van der Waals surface area contributed by atoms with Crippen molar-refractivity contribution in [3.63, 3.8) is 0 Å². The Labute approximate surface area is 113 Å². The Morgan fingerprint density at radius 3 is 2.44 bits per heavy atom. The molecule has 0 radical (unpaired) electrons. The standard InChI is InChI=1S/C11H13BrN2O4/c1-2-17-10(15)5-11(16)18-4-3-9-13-6-8(12)7-14-9/h6-7H,2-5H2,1H3. The molecule has 0 saturated heterocycles. The van der Waals surface area contributed by atoms with Crippen molar-refractivity contribution >= 4 is 27.9 Å². The minimum atomic E-state index is -0.606. The number of hydrogen-bond acceptors (Lipinski definition) is 6. The molecule has 18 heavy (non-hydrogen) atoms. The molecule has 0 atom stereocenters. The Hall–Kier alpha value is -1.50. The van der Waals surface area contributed by atoms with Crippen molar-refractivity contribution < 1.29 is 19.1 Å². The highest BCUT2D eigenvalue weighted by molar-refractivity contribution is 9.10. The monoisotopic (exact) mass is 316 g/mol. The van der Waals surface area contributed by atoms with Crippen molar-refractivity contribution in [1.29, 1.82) is 0 Å². The molecule has 1 rings (SSSR count). The topological polar surface area (TPSA) is 78.4 Å². The summed E-state index contributed by atoms with van der Waals surface area (Å²) >= 11 is 3.22. The predicted molar refractivity (Wildman–Crippen MR) is 65.6 cm³/mol. The SMILES string of the molecule is CCOC(=O)CC(=O)OCCc1ncc(Br)cn1. The van der Waals surface area contributed by atoms with Crippen molar-refractivity contribution in [2.45, 2.75) is 19.8 Å². The van der Waals surface area contributed by atoms with Gasteiger partial charge in [0, 0.05) is 18.8 Å². The normalized spacial score (nSPS) is 9.89. The van der Waals surface area contributed by atoms with E-state index in [9.17, 15) is 9.59 Å². The molecule has 0 aliphatic carbocycles. The maximum Gasteiger partial charge on any atom is 0.317 e. The summed E-state index contributed by atoms with van der Waals surface area (Å²) in [6.07, 6.45) is 3.27. The molecule has 98 valence electrons. The van der Waals surface area contributed by atoms with E-state index in [2.05, 4.69) is 30.6 Å². The Balaban J connectivity index is 2.23. The summed E-state index contributed by atoms with van der Waals surface area (Å²) < 4.78 is 10.3. The summed E-state index contributed by atoms with van der Waals surface area (Å²) in [7, 11) is 0. The Bertz CT molecular complexity index is 408. The van der Waals surface area contributed by atoms with Gasteiger partial charge in [-0.3, -0.25) is 9.59 Å². The van der Waals surface area contributed by atoms with Gasteiger partial charge in [-0.2, -0.15) is 0 Å². The van der Waals surface area contributed by atoms with Gasteiger partial charge in [0.05, 0.1) is 17.7 Å². The van der Waals surface area contributed by atoms with Gasteiger partial charge in [0.2, 0.25) is 0 Å². The third kappa shape index (κ3) is 5.72. The number of ether oxygens (including phenoxy) is 2. The van der Waals surface area contributed by atoms with Crippen LogP contribution in [0.3, 0.4) is 0 Å². The zero-order chi connectivity index (χ0) is 13.4. The molecular weight excluding hydrogens is 304 g/mol. The Kier molecular flexibility index (Phi) is 6.27. The molecule has 0 aromatic carbocycles. The molecule has 0 N–H and O–H groups in total. The van der Waals surface area contributed by atoms with Crippen LogP contribution >= 0.6 is 15.9 Å². The van der Waals surface area contributed by atoms with Gasteiger partial charge in [-0.05, 0) is 22.9 Å². The summed E-state index contributed by atoms with van der Waals surface area (Å²) in [5.74, 6) is -0.616. The lowest BCUT2D eigenvalue weighted by molar-refractivity contribution is -0.154. The average Bonchev–Trinajstić information content (AvgIpc) is 2.32. The van der Waals surface area contributed by atoms with Crippen LogP contribution in [0.4, 0.5) is 0 Å². The number of nitrogens with zero attached hydrogens (tertiary/aromatic N) is 2. The van der Waals surface area contributed by atoms with Crippen LogP contribution < -0.4 is 0 Å². The van der Waals surface area contributed by atoms with E-state index in [1.165, 1.54) is 0 Å². The molecular formula is C11H13BrN2O4. The summed E-state index contributed by atoms with van der Waals surface area (Å²) in [6, 6.07) is 0. The lowest BCUT2D eigenvalue weighted by Crippen LogP contribution is -2.15. The van der Waals surface area contributed by atoms with E-state index < -0.39 is 11.9 Å². The van der Waals surface area contributed by atoms with Crippen molar-refractivity contribution in [3.05, 3.63) is 22.7 Å². The van der Waals surface area contributed by atoms with Crippen LogP contribution in [0.1, 0.15) is 19.2 Å². The average molecular weight is 317 g/mol. The largest absolute Gasteiger partial charge is 0.466 e. The highest BCUT2D eigenvalue weighted by Crippen LogP contribution is 2.04. The maximum absolute atomic E-state index is 11.2. The quantitative estimate of drug-likeness (QED) is 0.581. The summed E-state index contributed by atoms with van der Waals surface area (Å²) in [6.45, 7) is 2.06. The number of carbonyl (C=O) groups excluding carboxylic acids is 2. The lowest BCUT2D eigenvalue weighted by atomic mass is 10.4. The molecule has 0 spiro atoms. The fourth-order valence-electron chi connectivity index (χ4n) is 1.11. The van der Waals surface area contributed by atoms with E-state index in [0.29, 0.717) is 12.2 Å². The number of esters is 2. The molecule has 0 aliphatic heterocycles. The predicted octanol–water partition coefficient (Wildman–Crippen LogP) is 1.28. The van der Waals surface area contributed by atoms with Gasteiger partial charge in [-0.25, -0.2) is 9.97 Å². The zero-order valence-corrected chi connectivity index (χ0v) is 11.5. The van der Waals surface area contributed by atoms with Gasteiger partial charge < -0.3 is 9.47 Å². The van der Waals surface area contributed by atoms with Crippen LogP contribution in [0.15, 0.2) is 16.9 Å². The van der Waals surface area contributed by atoms with E-state index in [4.69, 9.17) is 4.74 Å². The molecule has 0 bridgehead atoms. The van der Waals surface area contributed by atoms with Crippen LogP contribution in [-0.4, -0.2) is 35.1 Å². The molecule has 0 aliphatic rings. The van der Waals surface area contributed by atoms with Crippen LogP contribution in [0.25, 0.3) is 0 Å². The van der Waals surface area contributed by atoms with Crippen LogP contribution in [0.5, 0.6) is 0 Å². The number of halogens is 1. The molecule has 0 saturated carbocycles. The first-order chi connectivity index (χ1) is 8.61. The molecule has 0 amide bonds. The third-order valence-electron chi connectivity index (χ3n) is 1.86. The second-order valence-electron chi connectivity index (χ2n) is 3.27. The van der Waals surface area contributed by atoms with Crippen molar-refractivity contribution in [3.8, 4) is 0 Å². The van der Waals surface area contributed by atoms with Crippen molar-refractivity contribution in [2.75, 3.05) is 13.2 Å². The van der Waals surface area contributed by atoms with Crippen molar-refractivity contribution in [1.82, 2.24) is 9.97 Å². The molecule has 1 aromatic rings. The number of hydrogen-bond donors (Lipinski definition) is 0. The van der Waals surface area contributed by atoms with Crippen molar-refractivity contribution in [2.24, 2.45) is 0 Å². The van der Waals surface area contributed by atoms with Crippen LogP contribution in [0, 0.1) is 0 Å². The van der Waals surface area contributed by atoms with E-state index in [1.54, 1.807) is 19.3 Å².